The second-order valence-corrected chi connectivity index (χ2v) is 8.47. The Labute approximate surface area is 199 Å². The molecule has 0 unspecified atom stereocenters. The third-order valence-corrected chi connectivity index (χ3v) is 6.01. The molecule has 1 aliphatic carbocycles. The predicted molar refractivity (Wildman–Crippen MR) is 127 cm³/mol. The van der Waals surface area contributed by atoms with Crippen molar-refractivity contribution < 1.29 is 9.15 Å². The van der Waals surface area contributed by atoms with E-state index in [2.05, 4.69) is 25.1 Å². The first-order chi connectivity index (χ1) is 17.1. The van der Waals surface area contributed by atoms with Crippen molar-refractivity contribution in [2.75, 3.05) is 7.11 Å². The van der Waals surface area contributed by atoms with Crippen LogP contribution in [0.2, 0.25) is 0 Å². The lowest BCUT2D eigenvalue weighted by Gasteiger charge is -2.13. The SMILES string of the molecule is COc1ncnc(C2CC2)c1-c1ncc2ccc(=O)n(Cc3ccc(-c4nnc(C)o4)cc3)c2n1. The van der Waals surface area contributed by atoms with E-state index >= 15 is 0 Å². The van der Waals surface area contributed by atoms with Gasteiger partial charge < -0.3 is 9.15 Å². The van der Waals surface area contributed by atoms with Gasteiger partial charge >= 0.3 is 0 Å². The topological polar surface area (TPSA) is 122 Å². The van der Waals surface area contributed by atoms with E-state index in [9.17, 15) is 4.79 Å². The van der Waals surface area contributed by atoms with Gasteiger partial charge in [0.25, 0.3) is 5.56 Å². The second kappa shape index (κ2) is 8.39. The van der Waals surface area contributed by atoms with Gasteiger partial charge in [-0.3, -0.25) is 9.36 Å². The molecule has 35 heavy (non-hydrogen) atoms. The van der Waals surface area contributed by atoms with E-state index in [0.717, 1.165) is 35.0 Å². The van der Waals surface area contributed by atoms with Gasteiger partial charge in [0.1, 0.15) is 17.5 Å². The lowest BCUT2D eigenvalue weighted by Crippen LogP contribution is -2.21. The molecular weight excluding hydrogens is 446 g/mol. The molecule has 0 bridgehead atoms. The first-order valence-corrected chi connectivity index (χ1v) is 11.3. The number of ether oxygens (including phenoxy) is 1. The Morgan fingerprint density at radius 2 is 1.89 bits per heavy atom. The average molecular weight is 467 g/mol. The molecule has 4 aromatic heterocycles. The zero-order valence-electron chi connectivity index (χ0n) is 19.2. The van der Waals surface area contributed by atoms with Gasteiger partial charge in [-0.05, 0) is 36.6 Å². The summed E-state index contributed by atoms with van der Waals surface area (Å²) in [4.78, 5) is 31.0. The van der Waals surface area contributed by atoms with Gasteiger partial charge in [-0.15, -0.1) is 10.2 Å². The van der Waals surface area contributed by atoms with E-state index in [1.54, 1.807) is 30.9 Å². The second-order valence-electron chi connectivity index (χ2n) is 8.47. The molecule has 1 aliphatic rings. The van der Waals surface area contributed by atoms with Crippen molar-refractivity contribution in [2.45, 2.75) is 32.2 Å². The molecule has 5 aromatic rings. The van der Waals surface area contributed by atoms with Crippen LogP contribution in [0.1, 0.15) is 35.9 Å². The lowest BCUT2D eigenvalue weighted by atomic mass is 10.1. The van der Waals surface area contributed by atoms with E-state index in [0.29, 0.717) is 47.2 Å². The first kappa shape index (κ1) is 21.1. The molecule has 0 N–H and O–H groups in total. The number of nitrogens with zero attached hydrogens (tertiary/aromatic N) is 7. The minimum absolute atomic E-state index is 0.155. The highest BCUT2D eigenvalue weighted by atomic mass is 16.5. The smallest absolute Gasteiger partial charge is 0.252 e. The third kappa shape index (κ3) is 3.92. The molecule has 1 aromatic carbocycles. The summed E-state index contributed by atoms with van der Waals surface area (Å²) in [6.07, 6.45) is 5.35. The molecule has 0 atom stereocenters. The van der Waals surface area contributed by atoms with Crippen molar-refractivity contribution in [3.05, 3.63) is 76.4 Å². The zero-order valence-corrected chi connectivity index (χ0v) is 19.2. The zero-order chi connectivity index (χ0) is 23.9. The Morgan fingerprint density at radius 3 is 2.60 bits per heavy atom. The molecule has 10 nitrogen and oxygen atoms in total. The van der Waals surface area contributed by atoms with Crippen molar-refractivity contribution in [2.24, 2.45) is 0 Å². The fourth-order valence-corrected chi connectivity index (χ4v) is 4.11. The number of hydrogen-bond acceptors (Lipinski definition) is 9. The van der Waals surface area contributed by atoms with Crippen LogP contribution in [0.3, 0.4) is 0 Å². The van der Waals surface area contributed by atoms with E-state index in [-0.39, 0.29) is 5.56 Å². The Morgan fingerprint density at radius 1 is 1.06 bits per heavy atom. The van der Waals surface area contributed by atoms with Crippen molar-refractivity contribution >= 4 is 11.0 Å². The maximum Gasteiger partial charge on any atom is 0.252 e. The summed E-state index contributed by atoms with van der Waals surface area (Å²) in [6.45, 7) is 2.09. The van der Waals surface area contributed by atoms with Gasteiger partial charge in [0, 0.05) is 36.1 Å². The normalized spacial score (nSPS) is 13.3. The van der Waals surface area contributed by atoms with Gasteiger partial charge in [-0.25, -0.2) is 19.9 Å². The van der Waals surface area contributed by atoms with Crippen molar-refractivity contribution in [1.29, 1.82) is 0 Å². The number of hydrogen-bond donors (Lipinski definition) is 0. The van der Waals surface area contributed by atoms with Gasteiger partial charge in [0.05, 0.1) is 19.3 Å². The van der Waals surface area contributed by atoms with Gasteiger partial charge in [0.15, 0.2) is 5.82 Å². The minimum atomic E-state index is -0.155. The van der Waals surface area contributed by atoms with Crippen LogP contribution in [0.25, 0.3) is 33.9 Å². The Balaban J connectivity index is 1.42. The van der Waals surface area contributed by atoms with Crippen LogP contribution in [-0.4, -0.2) is 41.8 Å². The van der Waals surface area contributed by atoms with E-state index in [1.807, 2.05) is 24.3 Å². The van der Waals surface area contributed by atoms with Crippen molar-refractivity contribution in [3.8, 4) is 28.7 Å². The fraction of sp³-hybridized carbons (Fsp3) is 0.240. The molecule has 0 aliphatic heterocycles. The van der Waals surface area contributed by atoms with Crippen LogP contribution in [0.5, 0.6) is 5.88 Å². The summed E-state index contributed by atoms with van der Waals surface area (Å²) >= 11 is 0. The highest BCUT2D eigenvalue weighted by Gasteiger charge is 2.31. The Kier molecular flexibility index (Phi) is 5.05. The maximum atomic E-state index is 12.9. The summed E-state index contributed by atoms with van der Waals surface area (Å²) in [6, 6.07) is 10.9. The molecule has 0 saturated heterocycles. The molecule has 10 heteroatoms. The molecule has 0 spiro atoms. The quantitative estimate of drug-likeness (QED) is 0.369. The summed E-state index contributed by atoms with van der Waals surface area (Å²) in [5.74, 6) is 2.18. The van der Waals surface area contributed by atoms with Gasteiger partial charge in [-0.2, -0.15) is 0 Å². The molecule has 6 rings (SSSR count). The van der Waals surface area contributed by atoms with Crippen LogP contribution in [0.4, 0.5) is 0 Å². The van der Waals surface area contributed by atoms with Gasteiger partial charge in [-0.1, -0.05) is 12.1 Å². The summed E-state index contributed by atoms with van der Waals surface area (Å²) < 4.78 is 12.6. The van der Waals surface area contributed by atoms with Crippen LogP contribution >= 0.6 is 0 Å². The number of aryl methyl sites for hydroxylation is 1. The van der Waals surface area contributed by atoms with Crippen LogP contribution in [-0.2, 0) is 6.54 Å². The summed E-state index contributed by atoms with van der Waals surface area (Å²) in [7, 11) is 1.57. The van der Waals surface area contributed by atoms with E-state index < -0.39 is 0 Å². The summed E-state index contributed by atoms with van der Waals surface area (Å²) in [5, 5.41) is 8.68. The van der Waals surface area contributed by atoms with Gasteiger partial charge in [0.2, 0.25) is 17.7 Å². The van der Waals surface area contributed by atoms with Crippen LogP contribution < -0.4 is 10.3 Å². The lowest BCUT2D eigenvalue weighted by molar-refractivity contribution is 0.397. The minimum Gasteiger partial charge on any atom is -0.480 e. The first-order valence-electron chi connectivity index (χ1n) is 11.3. The molecule has 0 amide bonds. The number of pyridine rings is 1. The molecule has 1 fully saturated rings. The molecule has 174 valence electrons. The summed E-state index contributed by atoms with van der Waals surface area (Å²) in [5.41, 5.74) is 3.69. The number of rotatable bonds is 6. The van der Waals surface area contributed by atoms with E-state index in [1.165, 1.54) is 12.4 Å². The Bertz CT molecular complexity index is 1600. The van der Waals surface area contributed by atoms with Crippen LogP contribution in [0.15, 0.2) is 58.1 Å². The molecule has 0 radical (unpaired) electrons. The number of fused-ring (bicyclic) bond motifs is 1. The van der Waals surface area contributed by atoms with E-state index in [4.69, 9.17) is 14.1 Å². The Hall–Kier alpha value is -4.47. The predicted octanol–water partition coefficient (Wildman–Crippen LogP) is 3.54. The highest BCUT2D eigenvalue weighted by Crippen LogP contribution is 2.44. The standard InChI is InChI=1S/C25H21N7O3/c1-14-30-31-24(35-14)17-5-3-15(4-6-17)12-32-19(33)10-9-18-11-26-22(29-23(18)32)20-21(16-7-8-16)27-13-28-25(20)34-2/h3-6,9-11,13,16H,7-8,12H2,1-2H3. The average Bonchev–Trinajstić information content (AvgIpc) is 3.65. The fourth-order valence-electron chi connectivity index (χ4n) is 4.11. The monoisotopic (exact) mass is 467 g/mol. The van der Waals surface area contributed by atoms with Crippen molar-refractivity contribution in [3.63, 3.8) is 0 Å². The van der Waals surface area contributed by atoms with Crippen molar-refractivity contribution in [1.82, 2.24) is 34.7 Å². The maximum absolute atomic E-state index is 12.9. The largest absolute Gasteiger partial charge is 0.480 e. The number of benzene rings is 1. The molecule has 4 heterocycles. The molecule has 1 saturated carbocycles. The highest BCUT2D eigenvalue weighted by molar-refractivity contribution is 5.78. The third-order valence-electron chi connectivity index (χ3n) is 6.01. The van der Waals surface area contributed by atoms with Crippen LogP contribution in [0, 0.1) is 6.92 Å². The number of methoxy groups -OCH3 is 1. The number of aromatic nitrogens is 7. The molecular formula is C25H21N7O3.